The lowest BCUT2D eigenvalue weighted by atomic mass is 10.1. The fourth-order valence-electron chi connectivity index (χ4n) is 1.94. The van der Waals surface area contributed by atoms with E-state index < -0.39 is 17.8 Å². The molecule has 1 atom stereocenters. The van der Waals surface area contributed by atoms with Gasteiger partial charge >= 0.3 is 6.18 Å². The average Bonchev–Trinajstić information content (AvgIpc) is 2.86. The normalized spacial score (nSPS) is 13.4. The molecule has 0 aliphatic carbocycles. The topological polar surface area (TPSA) is 69.6 Å². The van der Waals surface area contributed by atoms with Crippen LogP contribution < -0.4 is 5.73 Å². The highest BCUT2D eigenvalue weighted by atomic mass is 19.4. The molecule has 0 radical (unpaired) electrons. The highest BCUT2D eigenvalue weighted by molar-refractivity contribution is 5.19. The first-order valence-corrected chi connectivity index (χ1v) is 6.57. The number of alkyl halides is 3. The van der Waals surface area contributed by atoms with Crippen LogP contribution in [-0.4, -0.2) is 19.7 Å². The summed E-state index contributed by atoms with van der Waals surface area (Å²) in [5.74, 6) is 0.700. The third kappa shape index (κ3) is 3.78. The van der Waals surface area contributed by atoms with Crippen LogP contribution in [0.3, 0.4) is 0 Å². The van der Waals surface area contributed by atoms with Gasteiger partial charge in [0.15, 0.2) is 0 Å². The zero-order chi connectivity index (χ0) is 15.5. The Morgan fingerprint density at radius 2 is 2.05 bits per heavy atom. The number of nitrogens with zero attached hydrogens (tertiary/aromatic N) is 4. The van der Waals surface area contributed by atoms with Crippen LogP contribution in [0.25, 0.3) is 0 Å². The molecule has 8 heteroatoms. The number of halogens is 3. The summed E-state index contributed by atoms with van der Waals surface area (Å²) in [6.07, 6.45) is -0.872. The molecule has 2 N–H and O–H groups in total. The first-order chi connectivity index (χ1) is 9.91. The molecule has 0 amide bonds. The molecular weight excluding hydrogens is 283 g/mol. The zero-order valence-electron chi connectivity index (χ0n) is 11.5. The summed E-state index contributed by atoms with van der Waals surface area (Å²) in [6, 6.07) is 1.76. The van der Waals surface area contributed by atoms with Gasteiger partial charge in [-0.25, -0.2) is 4.98 Å². The van der Waals surface area contributed by atoms with Gasteiger partial charge in [0.05, 0.1) is 17.3 Å². The van der Waals surface area contributed by atoms with Crippen molar-refractivity contribution in [3.05, 3.63) is 41.7 Å². The standard InChI is InChI=1S/C13H16F3N5/c1-2-5-21-12(19-8-20-21)6-10(17)11-4-3-9(7-18-11)13(14,15)16/h3-4,7-8,10H,2,5-6,17H2,1H3. The number of pyridine rings is 1. The van der Waals surface area contributed by atoms with Gasteiger partial charge in [-0.15, -0.1) is 0 Å². The molecule has 0 bridgehead atoms. The van der Waals surface area contributed by atoms with E-state index in [2.05, 4.69) is 15.1 Å². The minimum atomic E-state index is -4.39. The third-order valence-corrected chi connectivity index (χ3v) is 3.03. The summed E-state index contributed by atoms with van der Waals surface area (Å²) < 4.78 is 39.2. The summed E-state index contributed by atoms with van der Waals surface area (Å²) >= 11 is 0. The number of rotatable bonds is 5. The molecule has 2 aromatic rings. The van der Waals surface area contributed by atoms with E-state index in [1.165, 1.54) is 12.4 Å². The van der Waals surface area contributed by atoms with E-state index in [1.807, 2.05) is 6.92 Å². The molecule has 114 valence electrons. The van der Waals surface area contributed by atoms with Crippen LogP contribution in [0.5, 0.6) is 0 Å². The van der Waals surface area contributed by atoms with Crippen molar-refractivity contribution in [2.45, 2.75) is 38.5 Å². The van der Waals surface area contributed by atoms with Crippen molar-refractivity contribution in [3.63, 3.8) is 0 Å². The summed E-state index contributed by atoms with van der Waals surface area (Å²) in [4.78, 5) is 7.92. The lowest BCUT2D eigenvalue weighted by molar-refractivity contribution is -0.137. The minimum Gasteiger partial charge on any atom is -0.322 e. The second-order valence-electron chi connectivity index (χ2n) is 4.68. The molecule has 1 unspecified atom stereocenters. The maximum Gasteiger partial charge on any atom is 0.417 e. The lowest BCUT2D eigenvalue weighted by Crippen LogP contribution is -2.18. The molecule has 2 aromatic heterocycles. The van der Waals surface area contributed by atoms with Gasteiger partial charge in [0.2, 0.25) is 0 Å². The molecule has 0 aromatic carbocycles. The average molecular weight is 299 g/mol. The second kappa shape index (κ2) is 6.21. The Bertz CT molecular complexity index is 576. The molecule has 21 heavy (non-hydrogen) atoms. The molecule has 0 saturated heterocycles. The summed E-state index contributed by atoms with van der Waals surface area (Å²) in [5.41, 5.74) is 5.60. The first kappa shape index (κ1) is 15.4. The van der Waals surface area contributed by atoms with Crippen molar-refractivity contribution in [2.24, 2.45) is 5.73 Å². The van der Waals surface area contributed by atoms with E-state index in [4.69, 9.17) is 5.73 Å². The van der Waals surface area contributed by atoms with Crippen LogP contribution >= 0.6 is 0 Å². The summed E-state index contributed by atoms with van der Waals surface area (Å²) in [7, 11) is 0. The van der Waals surface area contributed by atoms with Crippen LogP contribution in [0.2, 0.25) is 0 Å². The van der Waals surface area contributed by atoms with Gasteiger partial charge in [0.25, 0.3) is 0 Å². The first-order valence-electron chi connectivity index (χ1n) is 6.57. The fraction of sp³-hybridized carbons (Fsp3) is 0.462. The molecule has 0 aliphatic heterocycles. The van der Waals surface area contributed by atoms with E-state index in [0.29, 0.717) is 17.9 Å². The van der Waals surface area contributed by atoms with Crippen molar-refractivity contribution in [3.8, 4) is 0 Å². The van der Waals surface area contributed by atoms with Crippen LogP contribution in [0.4, 0.5) is 13.2 Å². The predicted octanol–water partition coefficient (Wildman–Crippen LogP) is 2.34. The van der Waals surface area contributed by atoms with Crippen LogP contribution in [0.15, 0.2) is 24.7 Å². The van der Waals surface area contributed by atoms with E-state index in [0.717, 1.165) is 25.2 Å². The molecule has 2 heterocycles. The SMILES string of the molecule is CCCn1ncnc1CC(N)c1ccc(C(F)(F)F)cn1. The van der Waals surface area contributed by atoms with Gasteiger partial charge < -0.3 is 5.73 Å². The quantitative estimate of drug-likeness (QED) is 0.920. The molecule has 0 saturated carbocycles. The van der Waals surface area contributed by atoms with Crippen molar-refractivity contribution < 1.29 is 13.2 Å². The summed E-state index contributed by atoms with van der Waals surface area (Å²) in [5, 5.41) is 4.08. The van der Waals surface area contributed by atoms with Crippen molar-refractivity contribution in [2.75, 3.05) is 0 Å². The number of hydrogen-bond acceptors (Lipinski definition) is 4. The predicted molar refractivity (Wildman–Crippen MR) is 70.2 cm³/mol. The molecule has 0 spiro atoms. The van der Waals surface area contributed by atoms with Crippen LogP contribution in [-0.2, 0) is 19.1 Å². The van der Waals surface area contributed by atoms with E-state index >= 15 is 0 Å². The van der Waals surface area contributed by atoms with Gasteiger partial charge in [-0.3, -0.25) is 9.67 Å². The van der Waals surface area contributed by atoms with Crippen molar-refractivity contribution in [1.29, 1.82) is 0 Å². The molecular formula is C13H16F3N5. The van der Waals surface area contributed by atoms with Crippen LogP contribution in [0, 0.1) is 0 Å². The van der Waals surface area contributed by atoms with Gasteiger partial charge in [-0.05, 0) is 18.6 Å². The monoisotopic (exact) mass is 299 g/mol. The van der Waals surface area contributed by atoms with Gasteiger partial charge in [-0.2, -0.15) is 18.3 Å². The Kier molecular flexibility index (Phi) is 4.56. The Labute approximate surface area is 120 Å². The third-order valence-electron chi connectivity index (χ3n) is 3.03. The highest BCUT2D eigenvalue weighted by Gasteiger charge is 2.30. The number of nitrogens with two attached hydrogens (primary N) is 1. The van der Waals surface area contributed by atoms with Crippen molar-refractivity contribution in [1.82, 2.24) is 19.7 Å². The molecule has 2 rings (SSSR count). The van der Waals surface area contributed by atoms with Gasteiger partial charge in [0.1, 0.15) is 12.2 Å². The fourth-order valence-corrected chi connectivity index (χ4v) is 1.94. The Morgan fingerprint density at radius 1 is 1.29 bits per heavy atom. The zero-order valence-corrected chi connectivity index (χ0v) is 11.5. The molecule has 0 aliphatic rings. The maximum atomic E-state index is 12.5. The lowest BCUT2D eigenvalue weighted by Gasteiger charge is -2.13. The van der Waals surface area contributed by atoms with Gasteiger partial charge in [-0.1, -0.05) is 6.92 Å². The van der Waals surface area contributed by atoms with E-state index in [-0.39, 0.29) is 0 Å². The number of hydrogen-bond donors (Lipinski definition) is 1. The largest absolute Gasteiger partial charge is 0.417 e. The Balaban J connectivity index is 2.09. The smallest absolute Gasteiger partial charge is 0.322 e. The molecule has 0 fully saturated rings. The Morgan fingerprint density at radius 3 is 2.62 bits per heavy atom. The van der Waals surface area contributed by atoms with Crippen molar-refractivity contribution >= 4 is 0 Å². The van der Waals surface area contributed by atoms with E-state index in [9.17, 15) is 13.2 Å². The highest BCUT2D eigenvalue weighted by Crippen LogP contribution is 2.29. The van der Waals surface area contributed by atoms with Crippen LogP contribution in [0.1, 0.15) is 36.5 Å². The maximum absolute atomic E-state index is 12.5. The van der Waals surface area contributed by atoms with Gasteiger partial charge in [0, 0.05) is 19.2 Å². The number of aromatic nitrogens is 4. The number of aryl methyl sites for hydroxylation is 1. The summed E-state index contributed by atoms with van der Waals surface area (Å²) in [6.45, 7) is 2.74. The second-order valence-corrected chi connectivity index (χ2v) is 4.68. The Hall–Kier alpha value is -1.96. The minimum absolute atomic E-state index is 0.373. The van der Waals surface area contributed by atoms with E-state index in [1.54, 1.807) is 4.68 Å². The molecule has 5 nitrogen and oxygen atoms in total.